The van der Waals surface area contributed by atoms with Crippen molar-refractivity contribution in [3.05, 3.63) is 57.9 Å². The monoisotopic (exact) mass is 515 g/mol. The number of alkyl halides is 2. The summed E-state index contributed by atoms with van der Waals surface area (Å²) in [4.78, 5) is 14.9. The number of ketones is 1. The molecule has 0 atom stereocenters. The Bertz CT molecular complexity index is 1290. The molecule has 198 valence electrons. The molecule has 1 aliphatic rings. The lowest BCUT2D eigenvalue weighted by Gasteiger charge is -2.33. The number of nitrogens with zero attached hydrogens (tertiary/aromatic N) is 2. The minimum Gasteiger partial charge on any atom is -0.490 e. The van der Waals surface area contributed by atoms with Crippen LogP contribution in [-0.2, 0) is 16.9 Å². The highest BCUT2D eigenvalue weighted by atomic mass is 19.3. The van der Waals surface area contributed by atoms with Crippen LogP contribution >= 0.6 is 0 Å². The first-order chi connectivity index (χ1) is 17.1. The molecule has 37 heavy (non-hydrogen) atoms. The molecule has 3 rings (SSSR count). The molecule has 1 N–H and O–H groups in total. The van der Waals surface area contributed by atoms with Crippen LogP contribution in [-0.4, -0.2) is 36.3 Å². The highest BCUT2D eigenvalue weighted by Crippen LogP contribution is 2.46. The van der Waals surface area contributed by atoms with Gasteiger partial charge in [-0.05, 0) is 68.5 Å². The smallest absolute Gasteiger partial charge is 0.357 e. The number of ether oxygens (including phenoxy) is 2. The number of hydrogen-bond donors (Lipinski definition) is 1. The molecule has 0 spiro atoms. The van der Waals surface area contributed by atoms with Gasteiger partial charge < -0.3 is 14.4 Å². The molecule has 0 bridgehead atoms. The molecule has 1 aliphatic heterocycles. The molecule has 2 aromatic rings. The van der Waals surface area contributed by atoms with Gasteiger partial charge in [0.25, 0.3) is 0 Å². The summed E-state index contributed by atoms with van der Waals surface area (Å²) < 4.78 is 55.3. The molecule has 6 nitrogen and oxygen atoms in total. The molecule has 0 amide bonds. The number of carbonyl (C=O) groups excluding carboxylic acids is 1. The summed E-state index contributed by atoms with van der Waals surface area (Å²) in [5.74, 6) is -5.18. The largest absolute Gasteiger partial charge is 0.490 e. The zero-order chi connectivity index (χ0) is 27.9. The predicted octanol–water partition coefficient (Wildman–Crippen LogP) is 6.29. The van der Waals surface area contributed by atoms with Crippen molar-refractivity contribution < 1.29 is 27.4 Å². The van der Waals surface area contributed by atoms with Crippen molar-refractivity contribution in [2.24, 2.45) is 0 Å². The molecule has 0 aromatic heterocycles. The summed E-state index contributed by atoms with van der Waals surface area (Å²) in [5.41, 5.74) is -1.21. The van der Waals surface area contributed by atoms with Crippen LogP contribution in [0.4, 0.5) is 13.2 Å². The van der Waals surface area contributed by atoms with Gasteiger partial charge in [-0.25, -0.2) is 4.39 Å². The Hall–Kier alpha value is -3.54. The Morgan fingerprint density at radius 2 is 1.68 bits per heavy atom. The first-order valence-electron chi connectivity index (χ1n) is 12.1. The summed E-state index contributed by atoms with van der Waals surface area (Å²) in [6.07, 6.45) is 0. The fraction of sp³-hybridized carbons (Fsp3) is 0.464. The minimum atomic E-state index is -3.78. The molecular formula is C28H32F3N3O3. The number of hydrogen-bond acceptors (Lipinski definition) is 5. The van der Waals surface area contributed by atoms with Crippen molar-refractivity contribution >= 4 is 11.6 Å². The average Bonchev–Trinajstić information content (AvgIpc) is 3.01. The topological polar surface area (TPSA) is 86.4 Å². The van der Waals surface area contributed by atoms with E-state index in [1.165, 1.54) is 17.0 Å². The van der Waals surface area contributed by atoms with Crippen LogP contribution in [0.1, 0.15) is 81.1 Å². The summed E-state index contributed by atoms with van der Waals surface area (Å²) in [5, 5.41) is 17.7. The second-order valence-electron chi connectivity index (χ2n) is 10.5. The summed E-state index contributed by atoms with van der Waals surface area (Å²) in [7, 11) is 0. The Balaban J connectivity index is 2.07. The van der Waals surface area contributed by atoms with E-state index in [-0.39, 0.29) is 48.2 Å². The van der Waals surface area contributed by atoms with Gasteiger partial charge in [-0.3, -0.25) is 10.2 Å². The van der Waals surface area contributed by atoms with E-state index < -0.39 is 34.0 Å². The van der Waals surface area contributed by atoms with E-state index in [2.05, 4.69) is 0 Å². The van der Waals surface area contributed by atoms with Crippen LogP contribution in [0.15, 0.2) is 24.3 Å². The highest BCUT2D eigenvalue weighted by Gasteiger charge is 2.45. The van der Waals surface area contributed by atoms with Crippen molar-refractivity contribution in [1.29, 1.82) is 10.7 Å². The van der Waals surface area contributed by atoms with Crippen LogP contribution in [0.2, 0.25) is 0 Å². The van der Waals surface area contributed by atoms with E-state index in [1.807, 2.05) is 20.8 Å². The molecule has 0 saturated carbocycles. The predicted molar refractivity (Wildman–Crippen MR) is 134 cm³/mol. The van der Waals surface area contributed by atoms with Crippen LogP contribution in [0, 0.1) is 22.6 Å². The highest BCUT2D eigenvalue weighted by molar-refractivity contribution is 6.07. The molecule has 0 fully saturated rings. The first kappa shape index (κ1) is 28.0. The average molecular weight is 516 g/mol. The van der Waals surface area contributed by atoms with Gasteiger partial charge in [0.05, 0.1) is 30.9 Å². The number of rotatable bonds is 8. The fourth-order valence-electron chi connectivity index (χ4n) is 4.40. The van der Waals surface area contributed by atoms with E-state index in [9.17, 15) is 13.6 Å². The maximum absolute atomic E-state index is 15.6. The van der Waals surface area contributed by atoms with Gasteiger partial charge in [0.15, 0.2) is 23.1 Å². The van der Waals surface area contributed by atoms with E-state index in [0.717, 1.165) is 12.1 Å². The summed E-state index contributed by atoms with van der Waals surface area (Å²) >= 11 is 0. The van der Waals surface area contributed by atoms with Gasteiger partial charge >= 0.3 is 5.92 Å². The zero-order valence-electron chi connectivity index (χ0n) is 22.2. The van der Waals surface area contributed by atoms with Gasteiger partial charge in [0.1, 0.15) is 11.9 Å². The third-order valence-electron chi connectivity index (χ3n) is 6.54. The third-order valence-corrected chi connectivity index (χ3v) is 6.54. The quantitative estimate of drug-likeness (QED) is 0.417. The van der Waals surface area contributed by atoms with Crippen molar-refractivity contribution in [3.63, 3.8) is 0 Å². The molecule has 0 unspecified atom stereocenters. The summed E-state index contributed by atoms with van der Waals surface area (Å²) in [6, 6.07) is 6.39. The molecule has 0 aliphatic carbocycles. The Morgan fingerprint density at radius 3 is 2.22 bits per heavy atom. The van der Waals surface area contributed by atoms with E-state index >= 15 is 4.39 Å². The van der Waals surface area contributed by atoms with Crippen LogP contribution in [0.3, 0.4) is 0 Å². The maximum Gasteiger partial charge on any atom is 0.357 e. The molecule has 2 aromatic carbocycles. The van der Waals surface area contributed by atoms with E-state index in [0.29, 0.717) is 11.1 Å². The lowest BCUT2D eigenvalue weighted by atomic mass is 9.83. The Labute approximate surface area is 215 Å². The van der Waals surface area contributed by atoms with Crippen molar-refractivity contribution in [2.75, 3.05) is 19.8 Å². The van der Waals surface area contributed by atoms with Crippen LogP contribution in [0.5, 0.6) is 11.5 Å². The third kappa shape index (κ3) is 5.02. The molecule has 1 heterocycles. The number of amidine groups is 1. The lowest BCUT2D eigenvalue weighted by molar-refractivity contribution is 0.0610. The number of halogens is 3. The van der Waals surface area contributed by atoms with Gasteiger partial charge in [-0.1, -0.05) is 20.8 Å². The number of Topliss-reactive ketones (excluding diaryl/α,β-unsaturated/α-hetero) is 1. The van der Waals surface area contributed by atoms with Crippen molar-refractivity contribution in [3.8, 4) is 17.6 Å². The van der Waals surface area contributed by atoms with Crippen LogP contribution in [0.25, 0.3) is 0 Å². The maximum atomic E-state index is 15.6. The second-order valence-corrected chi connectivity index (χ2v) is 10.5. The number of nitriles is 1. The minimum absolute atomic E-state index is 0.00449. The van der Waals surface area contributed by atoms with Gasteiger partial charge in [-0.15, -0.1) is 0 Å². The van der Waals surface area contributed by atoms with Gasteiger partial charge in [0, 0.05) is 11.1 Å². The Kier molecular flexibility index (Phi) is 7.37. The second kappa shape index (κ2) is 9.73. The van der Waals surface area contributed by atoms with E-state index in [1.54, 1.807) is 33.8 Å². The molecule has 9 heteroatoms. The molecule has 0 saturated heterocycles. The van der Waals surface area contributed by atoms with Gasteiger partial charge in [-0.2, -0.15) is 14.0 Å². The fourth-order valence-corrected chi connectivity index (χ4v) is 4.40. The first-order valence-corrected chi connectivity index (χ1v) is 12.1. The van der Waals surface area contributed by atoms with Gasteiger partial charge in [0.2, 0.25) is 0 Å². The number of carbonyl (C=O) groups is 1. The van der Waals surface area contributed by atoms with Crippen molar-refractivity contribution in [2.45, 2.75) is 65.3 Å². The van der Waals surface area contributed by atoms with Crippen molar-refractivity contribution in [1.82, 2.24) is 4.90 Å². The standard InChI is InChI=1S/C28H32F3N3O3/c1-8-36-21-13-19-22(23(29)24(21)37-9-2)25(33)34(27(19,6)7)14-20(35)16-10-17(26(3,4)5)12-18(11-16)28(30,31)15-32/h10-13,33H,8-9,14H2,1-7H3. The normalized spacial score (nSPS) is 14.8. The molecular weight excluding hydrogens is 483 g/mol. The SMILES string of the molecule is CCOc1cc2c(c(F)c1OCC)C(=N)N(CC(=O)c1cc(C(C)(C)C)cc(C(F)(F)C#N)c1)C2(C)C. The number of fused-ring (bicyclic) bond motifs is 1. The van der Waals surface area contributed by atoms with E-state index in [4.69, 9.17) is 20.1 Å². The zero-order valence-corrected chi connectivity index (χ0v) is 22.2. The number of nitrogens with one attached hydrogen (secondary N) is 1. The summed E-state index contributed by atoms with van der Waals surface area (Å²) in [6.45, 7) is 12.5. The number of benzene rings is 2. The lowest BCUT2D eigenvalue weighted by Crippen LogP contribution is -2.42. The Morgan fingerprint density at radius 1 is 1.08 bits per heavy atom. The molecule has 0 radical (unpaired) electrons. The van der Waals surface area contributed by atoms with Crippen LogP contribution < -0.4 is 9.47 Å².